The van der Waals surface area contributed by atoms with E-state index in [0.717, 1.165) is 11.5 Å². The number of rotatable bonds is 6. The minimum atomic E-state index is -0.514. The fourth-order valence-corrected chi connectivity index (χ4v) is 9.51. The summed E-state index contributed by atoms with van der Waals surface area (Å²) in [6, 6.07) is 10.4. The lowest BCUT2D eigenvalue weighted by molar-refractivity contribution is 0.325. The molecule has 1 aromatic rings. The van der Waals surface area contributed by atoms with E-state index in [1.165, 1.54) is 69.0 Å². The van der Waals surface area contributed by atoms with Gasteiger partial charge in [-0.05, 0) is 47.9 Å². The molecule has 0 amide bonds. The molecule has 1 aliphatic heterocycles. The minimum Gasteiger partial charge on any atom is -0.207 e. The molecule has 0 atom stereocenters. The highest BCUT2D eigenvalue weighted by Gasteiger charge is 2.32. The molecule has 24 heavy (non-hydrogen) atoms. The zero-order valence-electron chi connectivity index (χ0n) is 15.5. The van der Waals surface area contributed by atoms with Crippen LogP contribution >= 0.6 is 0 Å². The monoisotopic (exact) mass is 346 g/mol. The molecule has 0 unspecified atom stereocenters. The van der Waals surface area contributed by atoms with Gasteiger partial charge < -0.3 is 0 Å². The van der Waals surface area contributed by atoms with Crippen LogP contribution in [-0.2, 0) is 0 Å². The Morgan fingerprint density at radius 1 is 0.917 bits per heavy atom. The van der Waals surface area contributed by atoms with Crippen molar-refractivity contribution in [2.75, 3.05) is 0 Å². The Hall–Kier alpha value is -0.633. The average Bonchev–Trinajstić information content (AvgIpc) is 2.63. The Morgan fingerprint density at radius 3 is 2.21 bits per heavy atom. The molecule has 1 aliphatic carbocycles. The van der Waals surface area contributed by atoms with Gasteiger partial charge in [-0.1, -0.05) is 82.5 Å². The third-order valence-corrected chi connectivity index (χ3v) is 11.0. The van der Waals surface area contributed by atoms with Crippen molar-refractivity contribution in [3.05, 3.63) is 35.6 Å². The summed E-state index contributed by atoms with van der Waals surface area (Å²) < 4.78 is 13.1. The van der Waals surface area contributed by atoms with Gasteiger partial charge in [-0.15, -0.1) is 0 Å². The van der Waals surface area contributed by atoms with Crippen LogP contribution in [0.15, 0.2) is 24.3 Å². The molecule has 1 saturated heterocycles. The summed E-state index contributed by atoms with van der Waals surface area (Å²) in [4.78, 5) is 0. The van der Waals surface area contributed by atoms with Crippen molar-refractivity contribution in [1.29, 1.82) is 0 Å². The van der Waals surface area contributed by atoms with Crippen LogP contribution in [0.3, 0.4) is 0 Å². The predicted molar refractivity (Wildman–Crippen MR) is 105 cm³/mol. The zero-order valence-corrected chi connectivity index (χ0v) is 16.6. The van der Waals surface area contributed by atoms with Crippen molar-refractivity contribution < 1.29 is 4.39 Å². The molecule has 0 radical (unpaired) electrons. The fourth-order valence-electron chi connectivity index (χ4n) is 5.29. The van der Waals surface area contributed by atoms with Crippen molar-refractivity contribution in [3.8, 4) is 0 Å². The second kappa shape index (κ2) is 9.17. The maximum Gasteiger partial charge on any atom is 0.123 e. The zero-order chi connectivity index (χ0) is 16.8. The highest BCUT2D eigenvalue weighted by Crippen LogP contribution is 2.43. The Morgan fingerprint density at radius 2 is 1.58 bits per heavy atom. The van der Waals surface area contributed by atoms with E-state index in [0.29, 0.717) is 5.92 Å². The first-order chi connectivity index (χ1) is 11.8. The van der Waals surface area contributed by atoms with Crippen molar-refractivity contribution in [2.24, 2.45) is 5.92 Å². The van der Waals surface area contributed by atoms with Gasteiger partial charge in [0, 0.05) is 8.80 Å². The summed E-state index contributed by atoms with van der Waals surface area (Å²) >= 11 is 0. The first-order valence-corrected chi connectivity index (χ1v) is 12.8. The lowest BCUT2D eigenvalue weighted by atomic mass is 9.85. The summed E-state index contributed by atoms with van der Waals surface area (Å²) in [6.45, 7) is 2.31. The van der Waals surface area contributed by atoms with Gasteiger partial charge in [0.25, 0.3) is 0 Å². The van der Waals surface area contributed by atoms with Crippen LogP contribution < -0.4 is 0 Å². The van der Waals surface area contributed by atoms with Crippen molar-refractivity contribution in [2.45, 2.75) is 94.7 Å². The SMILES string of the molecule is CCCCC[C@H]1CC[C@H]([SiH]2CCC(c3ccc(F)cc3)CC2)CC1. The Kier molecular flexibility index (Phi) is 6.94. The normalized spacial score (nSPS) is 31.1. The van der Waals surface area contributed by atoms with Crippen molar-refractivity contribution in [3.63, 3.8) is 0 Å². The topological polar surface area (TPSA) is 0 Å². The van der Waals surface area contributed by atoms with Crippen LogP contribution in [-0.4, -0.2) is 8.80 Å². The summed E-state index contributed by atoms with van der Waals surface area (Å²) in [5.74, 6) is 1.66. The van der Waals surface area contributed by atoms with Crippen LogP contribution in [0.5, 0.6) is 0 Å². The van der Waals surface area contributed by atoms with E-state index in [1.54, 1.807) is 25.0 Å². The van der Waals surface area contributed by atoms with Gasteiger partial charge in [0.15, 0.2) is 0 Å². The van der Waals surface area contributed by atoms with E-state index in [1.807, 2.05) is 12.1 Å². The van der Waals surface area contributed by atoms with Gasteiger partial charge in [0.05, 0.1) is 0 Å². The highest BCUT2D eigenvalue weighted by molar-refractivity contribution is 6.60. The van der Waals surface area contributed by atoms with Crippen LogP contribution in [0.2, 0.25) is 17.6 Å². The van der Waals surface area contributed by atoms with Crippen LogP contribution in [0, 0.1) is 11.7 Å². The number of halogens is 1. The standard InChI is InChI=1S/C22H35FSi/c1-2-3-4-5-18-6-12-22(13-7-18)24-16-14-20(15-17-24)19-8-10-21(23)11-9-19/h8-11,18,20,22,24H,2-7,12-17H2,1H3/t18-,20?,22-,24?. The number of benzene rings is 1. The quantitative estimate of drug-likeness (QED) is 0.381. The van der Waals surface area contributed by atoms with E-state index in [2.05, 4.69) is 6.92 Å². The van der Waals surface area contributed by atoms with Gasteiger partial charge in [-0.3, -0.25) is 0 Å². The molecule has 0 bridgehead atoms. The Bertz CT molecular complexity index is 467. The second-order valence-electron chi connectivity index (χ2n) is 8.44. The highest BCUT2D eigenvalue weighted by atomic mass is 28.3. The second-order valence-corrected chi connectivity index (χ2v) is 12.1. The Balaban J connectivity index is 1.40. The predicted octanol–water partition coefficient (Wildman–Crippen LogP) is 7.07. The molecule has 134 valence electrons. The smallest absolute Gasteiger partial charge is 0.123 e. The van der Waals surface area contributed by atoms with Gasteiger partial charge >= 0.3 is 0 Å². The number of hydrogen-bond donors (Lipinski definition) is 0. The molecular weight excluding hydrogens is 311 g/mol. The fraction of sp³-hybridized carbons (Fsp3) is 0.727. The summed E-state index contributed by atoms with van der Waals surface area (Å²) in [6.07, 6.45) is 14.7. The van der Waals surface area contributed by atoms with E-state index in [9.17, 15) is 4.39 Å². The molecule has 2 aliphatic rings. The molecule has 1 heterocycles. The first kappa shape index (κ1) is 18.2. The lowest BCUT2D eigenvalue weighted by Crippen LogP contribution is -2.29. The lowest BCUT2D eigenvalue weighted by Gasteiger charge is -2.37. The molecule has 1 aromatic carbocycles. The van der Waals surface area contributed by atoms with Crippen LogP contribution in [0.4, 0.5) is 4.39 Å². The number of hydrogen-bond acceptors (Lipinski definition) is 0. The van der Waals surface area contributed by atoms with Gasteiger partial charge in [-0.2, -0.15) is 0 Å². The van der Waals surface area contributed by atoms with Gasteiger partial charge in [0.1, 0.15) is 5.82 Å². The van der Waals surface area contributed by atoms with E-state index in [-0.39, 0.29) is 5.82 Å². The third-order valence-electron chi connectivity index (χ3n) is 6.89. The van der Waals surface area contributed by atoms with Crippen LogP contribution in [0.1, 0.15) is 82.6 Å². The summed E-state index contributed by atoms with van der Waals surface area (Å²) in [7, 11) is -0.514. The number of unbranched alkanes of at least 4 members (excludes halogenated alkanes) is 2. The minimum absolute atomic E-state index is 0.0995. The molecule has 0 nitrogen and oxygen atoms in total. The van der Waals surface area contributed by atoms with E-state index < -0.39 is 8.80 Å². The average molecular weight is 347 g/mol. The molecule has 0 N–H and O–H groups in total. The first-order valence-electron chi connectivity index (χ1n) is 10.5. The van der Waals surface area contributed by atoms with Gasteiger partial charge in [-0.25, -0.2) is 4.39 Å². The summed E-state index contributed by atoms with van der Waals surface area (Å²) in [5.41, 5.74) is 2.52. The van der Waals surface area contributed by atoms with Gasteiger partial charge in [0.2, 0.25) is 0 Å². The van der Waals surface area contributed by atoms with E-state index in [4.69, 9.17) is 0 Å². The molecule has 2 fully saturated rings. The molecule has 0 spiro atoms. The maximum absolute atomic E-state index is 13.1. The molecular formula is C22H35FSi. The summed E-state index contributed by atoms with van der Waals surface area (Å²) in [5, 5.41) is 0. The largest absolute Gasteiger partial charge is 0.207 e. The molecule has 0 aromatic heterocycles. The van der Waals surface area contributed by atoms with Crippen LogP contribution in [0.25, 0.3) is 0 Å². The Labute approximate surface area is 149 Å². The molecule has 2 heteroatoms. The molecule has 3 rings (SSSR count). The van der Waals surface area contributed by atoms with Crippen molar-refractivity contribution >= 4 is 8.80 Å². The third kappa shape index (κ3) is 4.94. The molecule has 1 saturated carbocycles. The maximum atomic E-state index is 13.1. The van der Waals surface area contributed by atoms with Crippen molar-refractivity contribution in [1.82, 2.24) is 0 Å². The van der Waals surface area contributed by atoms with E-state index >= 15 is 0 Å².